The number of imide groups is 1. The number of hydrogen-bond acceptors (Lipinski definition) is 5. The molecule has 0 spiro atoms. The van der Waals surface area contributed by atoms with Crippen molar-refractivity contribution in [3.63, 3.8) is 0 Å². The summed E-state index contributed by atoms with van der Waals surface area (Å²) in [7, 11) is 0. The van der Waals surface area contributed by atoms with Gasteiger partial charge in [0.1, 0.15) is 6.04 Å². The van der Waals surface area contributed by atoms with Gasteiger partial charge in [0.25, 0.3) is 5.91 Å². The van der Waals surface area contributed by atoms with Crippen molar-refractivity contribution in [2.75, 3.05) is 19.6 Å². The van der Waals surface area contributed by atoms with Crippen LogP contribution in [0.4, 0.5) is 4.79 Å². The van der Waals surface area contributed by atoms with Crippen molar-refractivity contribution in [3.8, 4) is 0 Å². The van der Waals surface area contributed by atoms with Crippen molar-refractivity contribution < 1.29 is 24.3 Å². The third-order valence-electron chi connectivity index (χ3n) is 5.77. The predicted octanol–water partition coefficient (Wildman–Crippen LogP) is 1.72. The Kier molecular flexibility index (Phi) is 7.63. The van der Waals surface area contributed by atoms with Gasteiger partial charge in [0.2, 0.25) is 5.91 Å². The molecule has 2 fully saturated rings. The first-order valence-corrected chi connectivity index (χ1v) is 10.9. The maximum Gasteiger partial charge on any atom is 0.346 e. The van der Waals surface area contributed by atoms with Crippen LogP contribution in [-0.2, 0) is 14.4 Å². The number of piperazine rings is 1. The summed E-state index contributed by atoms with van der Waals surface area (Å²) in [4.78, 5) is 51.9. The van der Waals surface area contributed by atoms with Crippen LogP contribution in [0.15, 0.2) is 36.4 Å². The van der Waals surface area contributed by atoms with Gasteiger partial charge in [0, 0.05) is 19.6 Å². The van der Waals surface area contributed by atoms with Crippen LogP contribution in [-0.4, -0.2) is 64.5 Å². The summed E-state index contributed by atoms with van der Waals surface area (Å²) >= 11 is 0. The lowest BCUT2D eigenvalue weighted by Gasteiger charge is -2.27. The second-order valence-electron chi connectivity index (χ2n) is 8.58. The molecule has 1 aromatic carbocycles. The Bertz CT molecular complexity index is 862. The van der Waals surface area contributed by atoms with Crippen LogP contribution in [0.2, 0.25) is 0 Å². The summed E-state index contributed by atoms with van der Waals surface area (Å²) in [5.41, 5.74) is 3.35. The van der Waals surface area contributed by atoms with Gasteiger partial charge in [-0.05, 0) is 24.3 Å². The lowest BCUT2D eigenvalue weighted by Crippen LogP contribution is -2.51. The molecule has 0 aromatic heterocycles. The smallest absolute Gasteiger partial charge is 0.346 e. The fourth-order valence-electron chi connectivity index (χ4n) is 4.14. The van der Waals surface area contributed by atoms with Crippen molar-refractivity contribution in [1.82, 2.24) is 20.7 Å². The van der Waals surface area contributed by atoms with Crippen molar-refractivity contribution in [2.24, 2.45) is 17.8 Å². The highest BCUT2D eigenvalue weighted by Gasteiger charge is 2.48. The van der Waals surface area contributed by atoms with Gasteiger partial charge in [-0.1, -0.05) is 56.3 Å². The fraction of sp³-hybridized carbons (Fsp3) is 0.478. The van der Waals surface area contributed by atoms with Gasteiger partial charge < -0.3 is 15.3 Å². The van der Waals surface area contributed by atoms with Gasteiger partial charge >= 0.3 is 12.0 Å². The molecule has 2 aliphatic heterocycles. The topological polar surface area (TPSA) is 119 Å². The molecule has 1 unspecified atom stereocenters. The van der Waals surface area contributed by atoms with Crippen LogP contribution in [0.5, 0.6) is 0 Å². The van der Waals surface area contributed by atoms with E-state index in [1.54, 1.807) is 6.08 Å². The van der Waals surface area contributed by atoms with Gasteiger partial charge in [-0.25, -0.2) is 4.79 Å². The van der Waals surface area contributed by atoms with Crippen LogP contribution in [0.25, 0.3) is 6.08 Å². The number of carboxylic acid groups (broad SMARTS) is 1. The van der Waals surface area contributed by atoms with Gasteiger partial charge in [-0.2, -0.15) is 5.01 Å². The first kappa shape index (κ1) is 23.5. The van der Waals surface area contributed by atoms with Crippen molar-refractivity contribution in [1.29, 1.82) is 0 Å². The van der Waals surface area contributed by atoms with E-state index in [1.807, 2.05) is 50.3 Å². The first-order valence-electron chi connectivity index (χ1n) is 10.9. The Morgan fingerprint density at radius 3 is 2.56 bits per heavy atom. The molecule has 0 saturated carbocycles. The Hall–Kier alpha value is -3.20. The number of nitrogens with zero attached hydrogens (tertiary/aromatic N) is 2. The minimum absolute atomic E-state index is 0.0474. The van der Waals surface area contributed by atoms with Crippen LogP contribution in [0, 0.1) is 17.8 Å². The highest BCUT2D eigenvalue weighted by molar-refractivity contribution is 6.05. The summed E-state index contributed by atoms with van der Waals surface area (Å²) < 4.78 is 0. The van der Waals surface area contributed by atoms with Crippen LogP contribution in [0.3, 0.4) is 0 Å². The van der Waals surface area contributed by atoms with Crippen molar-refractivity contribution in [3.05, 3.63) is 42.0 Å². The molecule has 9 heteroatoms. The Morgan fingerprint density at radius 2 is 1.94 bits per heavy atom. The Labute approximate surface area is 187 Å². The number of carbonyl (C=O) groups is 4. The molecule has 1 aromatic rings. The van der Waals surface area contributed by atoms with Gasteiger partial charge in [-0.15, -0.1) is 0 Å². The van der Waals surface area contributed by atoms with E-state index in [-0.39, 0.29) is 12.3 Å². The second-order valence-corrected chi connectivity index (χ2v) is 8.58. The number of rotatable bonds is 9. The molecule has 3 N–H and O–H groups in total. The molecule has 4 amide bonds. The van der Waals surface area contributed by atoms with E-state index in [0.717, 1.165) is 10.6 Å². The summed E-state index contributed by atoms with van der Waals surface area (Å²) in [5.74, 6) is -4.07. The standard InChI is InChI=1S/C23H30N4O5/c1-15(2)13-18(17(22(30)31)10-6-9-16-7-4-3-5-8-16)20(28)25-27-21(29)19-14-24-11-12-26(19)23(27)32/h3-9,15,17-19,24H,10-14H2,1-2H3,(H,25,28)(H,30,31)/b9-6+/t17-,18+,19?/m0/s1. The number of fused-ring (bicyclic) bond motifs is 1. The maximum atomic E-state index is 13.1. The SMILES string of the molecule is CC(C)C[C@@H](C(=O)NN1C(=O)C2CNCCN2C1=O)[C@H](C/C=C/c1ccccc1)C(=O)O. The molecule has 0 radical (unpaired) electrons. The quantitative estimate of drug-likeness (QED) is 0.501. The van der Waals surface area contributed by atoms with E-state index >= 15 is 0 Å². The Balaban J connectivity index is 1.75. The van der Waals surface area contributed by atoms with Gasteiger partial charge in [-0.3, -0.25) is 19.8 Å². The number of carbonyl (C=O) groups excluding carboxylic acids is 3. The second kappa shape index (κ2) is 10.4. The van der Waals surface area contributed by atoms with E-state index in [0.29, 0.717) is 26.1 Å². The predicted molar refractivity (Wildman–Crippen MR) is 118 cm³/mol. The lowest BCUT2D eigenvalue weighted by molar-refractivity contribution is -0.149. The number of nitrogens with one attached hydrogen (secondary N) is 2. The average Bonchev–Trinajstić information content (AvgIpc) is 3.01. The highest BCUT2D eigenvalue weighted by Crippen LogP contribution is 2.26. The zero-order valence-corrected chi connectivity index (χ0v) is 18.4. The van der Waals surface area contributed by atoms with Crippen molar-refractivity contribution in [2.45, 2.75) is 32.7 Å². The summed E-state index contributed by atoms with van der Waals surface area (Å²) in [6, 6.07) is 8.24. The number of amides is 4. The molecule has 32 heavy (non-hydrogen) atoms. The molecule has 2 heterocycles. The number of allylic oxidation sites excluding steroid dienone is 1. The third kappa shape index (κ3) is 5.34. The molecule has 3 rings (SSSR count). The van der Waals surface area contributed by atoms with Crippen LogP contribution >= 0.6 is 0 Å². The zero-order valence-electron chi connectivity index (χ0n) is 18.4. The van der Waals surface area contributed by atoms with Gasteiger partial charge in [0.15, 0.2) is 0 Å². The van der Waals surface area contributed by atoms with Crippen LogP contribution < -0.4 is 10.7 Å². The largest absolute Gasteiger partial charge is 0.481 e. The molecule has 0 bridgehead atoms. The number of carboxylic acids is 1. The first-order chi connectivity index (χ1) is 15.3. The number of aliphatic carboxylic acids is 1. The van der Waals surface area contributed by atoms with E-state index in [9.17, 15) is 24.3 Å². The normalized spacial score (nSPS) is 20.5. The van der Waals surface area contributed by atoms with Crippen LogP contribution in [0.1, 0.15) is 32.3 Å². The summed E-state index contributed by atoms with van der Waals surface area (Å²) in [6.07, 6.45) is 4.02. The molecule has 3 atom stereocenters. The number of urea groups is 1. The summed E-state index contributed by atoms with van der Waals surface area (Å²) in [6.45, 7) is 5.07. The third-order valence-corrected chi connectivity index (χ3v) is 5.77. The minimum Gasteiger partial charge on any atom is -0.481 e. The molecule has 9 nitrogen and oxygen atoms in total. The fourth-order valence-corrected chi connectivity index (χ4v) is 4.14. The van der Waals surface area contributed by atoms with Gasteiger partial charge in [0.05, 0.1) is 11.8 Å². The molecule has 2 saturated heterocycles. The van der Waals surface area contributed by atoms with E-state index < -0.39 is 41.7 Å². The lowest BCUT2D eigenvalue weighted by atomic mass is 9.82. The molecular weight excluding hydrogens is 412 g/mol. The molecule has 2 aliphatic rings. The van der Waals surface area contributed by atoms with Crippen molar-refractivity contribution >= 4 is 29.9 Å². The van der Waals surface area contributed by atoms with E-state index in [4.69, 9.17) is 0 Å². The minimum atomic E-state index is -1.09. The molecule has 0 aliphatic carbocycles. The number of benzene rings is 1. The maximum absolute atomic E-state index is 13.1. The monoisotopic (exact) mass is 442 g/mol. The summed E-state index contributed by atoms with van der Waals surface area (Å²) in [5, 5.41) is 13.7. The molecular formula is C23H30N4O5. The number of hydrogen-bond donors (Lipinski definition) is 3. The number of hydrazine groups is 1. The Morgan fingerprint density at radius 1 is 1.22 bits per heavy atom. The van der Waals surface area contributed by atoms with E-state index in [2.05, 4.69) is 10.7 Å². The highest BCUT2D eigenvalue weighted by atomic mass is 16.4. The zero-order chi connectivity index (χ0) is 23.3. The van der Waals surface area contributed by atoms with E-state index in [1.165, 1.54) is 4.90 Å². The average molecular weight is 443 g/mol. The molecule has 172 valence electrons.